The van der Waals surface area contributed by atoms with Gasteiger partial charge in [0.15, 0.2) is 0 Å². The summed E-state index contributed by atoms with van der Waals surface area (Å²) in [6.45, 7) is 2.91. The number of nitrogens with one attached hydrogen (secondary N) is 1. The van der Waals surface area contributed by atoms with E-state index < -0.39 is 0 Å². The summed E-state index contributed by atoms with van der Waals surface area (Å²) in [7, 11) is 0. The van der Waals surface area contributed by atoms with Gasteiger partial charge >= 0.3 is 0 Å². The monoisotopic (exact) mass is 223 g/mol. The summed E-state index contributed by atoms with van der Waals surface area (Å²) < 4.78 is 0. The van der Waals surface area contributed by atoms with Gasteiger partial charge in [0, 0.05) is 17.4 Å². The Bertz CT molecular complexity index is 300. The molecule has 0 radical (unpaired) electrons. The Morgan fingerprint density at radius 1 is 1.40 bits per heavy atom. The van der Waals surface area contributed by atoms with Crippen LogP contribution in [-0.4, -0.2) is 24.0 Å². The summed E-state index contributed by atoms with van der Waals surface area (Å²) in [6.07, 6.45) is 3.10. The second-order valence-electron chi connectivity index (χ2n) is 3.46. The van der Waals surface area contributed by atoms with E-state index >= 15 is 0 Å². The third kappa shape index (κ3) is 4.38. The molecule has 0 aliphatic rings. The zero-order valence-corrected chi connectivity index (χ0v) is 10.0. The van der Waals surface area contributed by atoms with Crippen LogP contribution in [0.1, 0.15) is 23.7 Å². The molecule has 0 spiro atoms. The highest BCUT2D eigenvalue weighted by Crippen LogP contribution is 2.08. The van der Waals surface area contributed by atoms with Crippen LogP contribution in [0.5, 0.6) is 0 Å². The molecule has 15 heavy (non-hydrogen) atoms. The molecule has 1 N–H and O–H groups in total. The molecule has 82 valence electrons. The van der Waals surface area contributed by atoms with Crippen molar-refractivity contribution in [2.45, 2.75) is 18.6 Å². The van der Waals surface area contributed by atoms with E-state index in [1.54, 1.807) is 0 Å². The van der Waals surface area contributed by atoms with Crippen LogP contribution in [-0.2, 0) is 0 Å². The first-order valence-electron chi connectivity index (χ1n) is 5.10. The molecule has 1 rings (SSSR count). The van der Waals surface area contributed by atoms with E-state index in [0.29, 0.717) is 5.25 Å². The first-order valence-corrected chi connectivity index (χ1v) is 6.39. The summed E-state index contributed by atoms with van der Waals surface area (Å²) >= 11 is 1.82. The third-order valence-corrected chi connectivity index (χ3v) is 3.32. The highest BCUT2D eigenvalue weighted by atomic mass is 32.2. The first-order chi connectivity index (χ1) is 7.24. The van der Waals surface area contributed by atoms with E-state index in [0.717, 1.165) is 18.5 Å². The molecule has 2 nitrogen and oxygen atoms in total. The molecule has 0 aliphatic heterocycles. The standard InChI is InChI=1S/C12H17NOS/c1-10(15-2)8-9-13-12(14)11-6-4-3-5-7-11/h3-7,10H,8-9H2,1-2H3,(H,13,14). The number of hydrogen-bond donors (Lipinski definition) is 1. The quantitative estimate of drug-likeness (QED) is 0.831. The van der Waals surface area contributed by atoms with Crippen molar-refractivity contribution in [3.8, 4) is 0 Å². The molecule has 0 aromatic heterocycles. The molecule has 1 unspecified atom stereocenters. The van der Waals surface area contributed by atoms with Crippen molar-refractivity contribution >= 4 is 17.7 Å². The summed E-state index contributed by atoms with van der Waals surface area (Å²) in [4.78, 5) is 11.6. The molecular weight excluding hydrogens is 206 g/mol. The topological polar surface area (TPSA) is 29.1 Å². The van der Waals surface area contributed by atoms with E-state index in [4.69, 9.17) is 0 Å². The number of carbonyl (C=O) groups excluding carboxylic acids is 1. The fourth-order valence-corrected chi connectivity index (χ4v) is 1.55. The van der Waals surface area contributed by atoms with Gasteiger partial charge in [-0.25, -0.2) is 0 Å². The Labute approximate surface area is 95.5 Å². The zero-order valence-electron chi connectivity index (χ0n) is 9.19. The highest BCUT2D eigenvalue weighted by molar-refractivity contribution is 7.99. The lowest BCUT2D eigenvalue weighted by atomic mass is 10.2. The second-order valence-corrected chi connectivity index (χ2v) is 4.73. The fraction of sp³-hybridized carbons (Fsp3) is 0.417. The van der Waals surface area contributed by atoms with Crippen LogP contribution in [0, 0.1) is 0 Å². The van der Waals surface area contributed by atoms with Gasteiger partial charge in [0.2, 0.25) is 0 Å². The third-order valence-electron chi connectivity index (χ3n) is 2.27. The van der Waals surface area contributed by atoms with Crippen molar-refractivity contribution in [2.75, 3.05) is 12.8 Å². The maximum Gasteiger partial charge on any atom is 0.251 e. The van der Waals surface area contributed by atoms with Crippen LogP contribution >= 0.6 is 11.8 Å². The van der Waals surface area contributed by atoms with Crippen LogP contribution in [0.15, 0.2) is 30.3 Å². The van der Waals surface area contributed by atoms with Crippen molar-refractivity contribution in [3.05, 3.63) is 35.9 Å². The van der Waals surface area contributed by atoms with Crippen LogP contribution in [0.2, 0.25) is 0 Å². The molecule has 1 aromatic carbocycles. The molecule has 1 atom stereocenters. The zero-order chi connectivity index (χ0) is 11.1. The van der Waals surface area contributed by atoms with Gasteiger partial charge in [-0.15, -0.1) is 0 Å². The molecule has 0 aliphatic carbocycles. The lowest BCUT2D eigenvalue weighted by Gasteiger charge is -2.08. The molecule has 1 aromatic rings. The molecule has 0 fully saturated rings. The molecule has 3 heteroatoms. The minimum Gasteiger partial charge on any atom is -0.352 e. The normalized spacial score (nSPS) is 12.1. The smallest absolute Gasteiger partial charge is 0.251 e. The maximum atomic E-state index is 11.6. The van der Waals surface area contributed by atoms with Gasteiger partial charge in [-0.1, -0.05) is 25.1 Å². The number of amides is 1. The number of benzene rings is 1. The first kappa shape index (κ1) is 12.1. The Morgan fingerprint density at radius 3 is 2.67 bits per heavy atom. The number of thioether (sulfide) groups is 1. The number of hydrogen-bond acceptors (Lipinski definition) is 2. The largest absolute Gasteiger partial charge is 0.352 e. The molecule has 0 bridgehead atoms. The Morgan fingerprint density at radius 2 is 2.07 bits per heavy atom. The number of rotatable bonds is 5. The van der Waals surface area contributed by atoms with Crippen molar-refractivity contribution in [2.24, 2.45) is 0 Å². The summed E-state index contributed by atoms with van der Waals surface area (Å²) in [5.41, 5.74) is 0.731. The van der Waals surface area contributed by atoms with Gasteiger partial charge in [-0.05, 0) is 24.8 Å². The average Bonchev–Trinajstić information content (AvgIpc) is 2.29. The minimum absolute atomic E-state index is 0.0175. The van der Waals surface area contributed by atoms with E-state index in [2.05, 4.69) is 18.5 Å². The van der Waals surface area contributed by atoms with Gasteiger partial charge in [-0.3, -0.25) is 4.79 Å². The van der Waals surface area contributed by atoms with E-state index in [1.165, 1.54) is 0 Å². The molecule has 1 amide bonds. The van der Waals surface area contributed by atoms with Crippen molar-refractivity contribution in [1.82, 2.24) is 5.32 Å². The van der Waals surface area contributed by atoms with Gasteiger partial charge < -0.3 is 5.32 Å². The lowest BCUT2D eigenvalue weighted by molar-refractivity contribution is 0.0953. The molecule has 0 heterocycles. The van der Waals surface area contributed by atoms with Crippen molar-refractivity contribution < 1.29 is 4.79 Å². The predicted octanol–water partition coefficient (Wildman–Crippen LogP) is 2.56. The van der Waals surface area contributed by atoms with Crippen LogP contribution in [0.25, 0.3) is 0 Å². The van der Waals surface area contributed by atoms with E-state index in [9.17, 15) is 4.79 Å². The summed E-state index contributed by atoms with van der Waals surface area (Å²) in [5, 5.41) is 3.51. The summed E-state index contributed by atoms with van der Waals surface area (Å²) in [6, 6.07) is 9.31. The maximum absolute atomic E-state index is 11.6. The highest BCUT2D eigenvalue weighted by Gasteiger charge is 2.04. The van der Waals surface area contributed by atoms with Crippen LogP contribution in [0.4, 0.5) is 0 Å². The fourth-order valence-electron chi connectivity index (χ4n) is 1.20. The Hall–Kier alpha value is -0.960. The predicted molar refractivity (Wildman–Crippen MR) is 66.4 cm³/mol. The number of carbonyl (C=O) groups is 1. The van der Waals surface area contributed by atoms with Crippen LogP contribution in [0.3, 0.4) is 0 Å². The van der Waals surface area contributed by atoms with E-state index in [-0.39, 0.29) is 5.91 Å². The Kier molecular flexibility index (Phi) is 5.26. The van der Waals surface area contributed by atoms with Gasteiger partial charge in [0.25, 0.3) is 5.91 Å². The lowest BCUT2D eigenvalue weighted by Crippen LogP contribution is -2.25. The molecule has 0 saturated carbocycles. The molecule has 0 saturated heterocycles. The van der Waals surface area contributed by atoms with Gasteiger partial charge in [0.05, 0.1) is 0 Å². The van der Waals surface area contributed by atoms with Gasteiger partial charge in [0.1, 0.15) is 0 Å². The minimum atomic E-state index is 0.0175. The van der Waals surface area contributed by atoms with Crippen molar-refractivity contribution in [3.63, 3.8) is 0 Å². The van der Waals surface area contributed by atoms with Crippen molar-refractivity contribution in [1.29, 1.82) is 0 Å². The van der Waals surface area contributed by atoms with Crippen LogP contribution < -0.4 is 5.32 Å². The summed E-state index contributed by atoms with van der Waals surface area (Å²) in [5.74, 6) is 0.0175. The SMILES string of the molecule is CSC(C)CCNC(=O)c1ccccc1. The van der Waals surface area contributed by atoms with Gasteiger partial charge in [-0.2, -0.15) is 11.8 Å². The molecular formula is C12H17NOS. The second kappa shape index (κ2) is 6.51. The van der Waals surface area contributed by atoms with E-state index in [1.807, 2.05) is 42.1 Å². The average molecular weight is 223 g/mol. The Balaban J connectivity index is 2.31.